The molecule has 0 spiro atoms. The highest BCUT2D eigenvalue weighted by atomic mass is 32.2. The van der Waals surface area contributed by atoms with Gasteiger partial charge in [-0.25, -0.2) is 4.98 Å². The summed E-state index contributed by atoms with van der Waals surface area (Å²) in [5.74, 6) is 0.300. The molecule has 2 aromatic heterocycles. The van der Waals surface area contributed by atoms with Crippen LogP contribution in [0.1, 0.15) is 40.0 Å². The molecule has 0 unspecified atom stereocenters. The standard InChI is InChI=1S/C23H19N3OS/c24-13-19-22(17-9-6-12-25-14-17)18-10-4-5-11-20(18)26-23(19)28-15-21(27)16-7-2-1-3-8-16/h1-3,6-9,12,14H,4-5,10-11,15H2. The van der Waals surface area contributed by atoms with Crippen LogP contribution in [0.2, 0.25) is 0 Å². The lowest BCUT2D eigenvalue weighted by Crippen LogP contribution is -2.11. The SMILES string of the molecule is N#Cc1c(SCC(=O)c2ccccc2)nc2c(c1-c1cccnc1)CCCC2. The maximum atomic E-state index is 12.5. The van der Waals surface area contributed by atoms with Crippen molar-refractivity contribution >= 4 is 17.5 Å². The molecule has 0 atom stereocenters. The third kappa shape index (κ3) is 3.69. The molecule has 0 amide bonds. The summed E-state index contributed by atoms with van der Waals surface area (Å²) < 4.78 is 0. The summed E-state index contributed by atoms with van der Waals surface area (Å²) in [5, 5.41) is 10.6. The number of aromatic nitrogens is 2. The summed E-state index contributed by atoms with van der Waals surface area (Å²) in [4.78, 5) is 21.6. The van der Waals surface area contributed by atoms with E-state index in [-0.39, 0.29) is 11.5 Å². The summed E-state index contributed by atoms with van der Waals surface area (Å²) in [6.45, 7) is 0. The van der Waals surface area contributed by atoms with Crippen molar-refractivity contribution in [3.63, 3.8) is 0 Å². The average Bonchev–Trinajstić information content (AvgIpc) is 2.77. The summed E-state index contributed by atoms with van der Waals surface area (Å²) >= 11 is 1.35. The third-order valence-corrected chi connectivity index (χ3v) is 5.91. The number of nitrogens with zero attached hydrogens (tertiary/aromatic N) is 3. The Balaban J connectivity index is 1.73. The number of rotatable bonds is 5. The van der Waals surface area contributed by atoms with Crippen molar-refractivity contribution in [1.82, 2.24) is 9.97 Å². The molecule has 1 aliphatic rings. The van der Waals surface area contributed by atoms with E-state index < -0.39 is 0 Å². The van der Waals surface area contributed by atoms with Gasteiger partial charge >= 0.3 is 0 Å². The fourth-order valence-electron chi connectivity index (χ4n) is 3.60. The molecule has 2 heterocycles. The minimum atomic E-state index is 0.0388. The van der Waals surface area contributed by atoms with Gasteiger partial charge in [-0.15, -0.1) is 0 Å². The van der Waals surface area contributed by atoms with E-state index in [4.69, 9.17) is 4.98 Å². The Morgan fingerprint density at radius 1 is 1.11 bits per heavy atom. The molecule has 4 rings (SSSR count). The van der Waals surface area contributed by atoms with Crippen molar-refractivity contribution in [2.45, 2.75) is 30.7 Å². The number of fused-ring (bicyclic) bond motifs is 1. The van der Waals surface area contributed by atoms with Gasteiger partial charge in [0.15, 0.2) is 5.78 Å². The van der Waals surface area contributed by atoms with Gasteiger partial charge in [0.1, 0.15) is 11.1 Å². The van der Waals surface area contributed by atoms with Crippen LogP contribution in [0, 0.1) is 11.3 Å². The summed E-state index contributed by atoms with van der Waals surface area (Å²) in [5.41, 5.74) is 5.33. The summed E-state index contributed by atoms with van der Waals surface area (Å²) in [7, 11) is 0. The van der Waals surface area contributed by atoms with E-state index in [1.165, 1.54) is 11.8 Å². The molecule has 3 aromatic rings. The first-order valence-corrected chi connectivity index (χ1v) is 10.3. The Hall–Kier alpha value is -2.97. The second-order valence-electron chi connectivity index (χ2n) is 6.73. The van der Waals surface area contributed by atoms with Crippen molar-refractivity contribution in [3.8, 4) is 17.2 Å². The topological polar surface area (TPSA) is 66.6 Å². The van der Waals surface area contributed by atoms with Crippen LogP contribution in [-0.2, 0) is 12.8 Å². The number of hydrogen-bond acceptors (Lipinski definition) is 5. The lowest BCUT2D eigenvalue weighted by Gasteiger charge is -2.21. The molecule has 0 fully saturated rings. The largest absolute Gasteiger partial charge is 0.293 e. The molecule has 0 saturated heterocycles. The van der Waals surface area contributed by atoms with Gasteiger partial charge in [0.25, 0.3) is 0 Å². The highest BCUT2D eigenvalue weighted by molar-refractivity contribution is 8.00. The van der Waals surface area contributed by atoms with Crippen LogP contribution < -0.4 is 0 Å². The van der Waals surface area contributed by atoms with Gasteiger partial charge < -0.3 is 0 Å². The minimum Gasteiger partial charge on any atom is -0.293 e. The molecule has 5 heteroatoms. The fraction of sp³-hybridized carbons (Fsp3) is 0.217. The lowest BCUT2D eigenvalue weighted by molar-refractivity contribution is 0.102. The molecule has 1 aliphatic carbocycles. The number of pyridine rings is 2. The van der Waals surface area contributed by atoms with E-state index in [2.05, 4.69) is 11.1 Å². The van der Waals surface area contributed by atoms with Crippen LogP contribution >= 0.6 is 11.8 Å². The fourth-order valence-corrected chi connectivity index (χ4v) is 4.50. The first-order chi connectivity index (χ1) is 13.8. The number of carbonyl (C=O) groups excluding carboxylic acids is 1. The quantitative estimate of drug-likeness (QED) is 0.463. The van der Waals surface area contributed by atoms with Gasteiger partial charge in [-0.05, 0) is 37.3 Å². The van der Waals surface area contributed by atoms with Gasteiger partial charge in [-0.2, -0.15) is 5.26 Å². The van der Waals surface area contributed by atoms with Gasteiger partial charge in [-0.3, -0.25) is 9.78 Å². The maximum absolute atomic E-state index is 12.5. The second kappa shape index (κ2) is 8.37. The van der Waals surface area contributed by atoms with Crippen molar-refractivity contribution in [2.75, 3.05) is 5.75 Å². The number of ketones is 1. The number of carbonyl (C=O) groups is 1. The zero-order chi connectivity index (χ0) is 19.3. The number of hydrogen-bond donors (Lipinski definition) is 0. The highest BCUT2D eigenvalue weighted by Gasteiger charge is 2.23. The molecule has 138 valence electrons. The zero-order valence-electron chi connectivity index (χ0n) is 15.4. The van der Waals surface area contributed by atoms with Crippen molar-refractivity contribution in [3.05, 3.63) is 77.2 Å². The van der Waals surface area contributed by atoms with Gasteiger partial charge in [0.2, 0.25) is 0 Å². The molecule has 28 heavy (non-hydrogen) atoms. The number of thioether (sulfide) groups is 1. The number of aryl methyl sites for hydroxylation is 1. The average molecular weight is 385 g/mol. The van der Waals surface area contributed by atoms with Gasteiger partial charge in [0, 0.05) is 34.8 Å². The second-order valence-corrected chi connectivity index (χ2v) is 7.69. The number of benzene rings is 1. The minimum absolute atomic E-state index is 0.0388. The molecule has 0 saturated carbocycles. The Morgan fingerprint density at radius 2 is 1.93 bits per heavy atom. The monoisotopic (exact) mass is 385 g/mol. The van der Waals surface area contributed by atoms with E-state index in [1.54, 1.807) is 12.4 Å². The Kier molecular flexibility index (Phi) is 5.50. The van der Waals surface area contributed by atoms with E-state index >= 15 is 0 Å². The Bertz CT molecular complexity index is 1040. The molecular formula is C23H19N3OS. The normalized spacial score (nSPS) is 12.8. The molecule has 0 aliphatic heterocycles. The molecule has 1 aromatic carbocycles. The van der Waals surface area contributed by atoms with Crippen molar-refractivity contribution in [2.24, 2.45) is 0 Å². The van der Waals surface area contributed by atoms with E-state index in [0.717, 1.165) is 48.1 Å². The molecule has 4 nitrogen and oxygen atoms in total. The number of nitriles is 1. The Labute approximate surface area is 168 Å². The van der Waals surface area contributed by atoms with Crippen LogP contribution in [0.3, 0.4) is 0 Å². The zero-order valence-corrected chi connectivity index (χ0v) is 16.2. The first kappa shape index (κ1) is 18.4. The van der Waals surface area contributed by atoms with Crippen molar-refractivity contribution in [1.29, 1.82) is 5.26 Å². The summed E-state index contributed by atoms with van der Waals surface area (Å²) in [6.07, 6.45) is 7.58. The Morgan fingerprint density at radius 3 is 2.68 bits per heavy atom. The third-order valence-electron chi connectivity index (χ3n) is 4.94. The van der Waals surface area contributed by atoms with Crippen LogP contribution in [0.15, 0.2) is 59.9 Å². The summed E-state index contributed by atoms with van der Waals surface area (Å²) in [6, 6.07) is 15.5. The first-order valence-electron chi connectivity index (χ1n) is 9.35. The van der Waals surface area contributed by atoms with E-state index in [0.29, 0.717) is 16.2 Å². The van der Waals surface area contributed by atoms with Gasteiger partial charge in [0.05, 0.1) is 11.3 Å². The highest BCUT2D eigenvalue weighted by Crippen LogP contribution is 2.37. The van der Waals surface area contributed by atoms with E-state index in [9.17, 15) is 10.1 Å². The van der Waals surface area contributed by atoms with Crippen LogP contribution in [-0.4, -0.2) is 21.5 Å². The van der Waals surface area contributed by atoms with Crippen molar-refractivity contribution < 1.29 is 4.79 Å². The number of Topliss-reactive ketones (excluding diaryl/α,β-unsaturated/α-hetero) is 1. The predicted molar refractivity (Wildman–Crippen MR) is 110 cm³/mol. The van der Waals surface area contributed by atoms with E-state index in [1.807, 2.05) is 42.5 Å². The van der Waals surface area contributed by atoms with Crippen LogP contribution in [0.4, 0.5) is 0 Å². The molecule has 0 radical (unpaired) electrons. The smallest absolute Gasteiger partial charge is 0.173 e. The lowest BCUT2D eigenvalue weighted by atomic mass is 9.87. The van der Waals surface area contributed by atoms with Gasteiger partial charge in [-0.1, -0.05) is 48.2 Å². The maximum Gasteiger partial charge on any atom is 0.173 e. The molecule has 0 N–H and O–H groups in total. The van der Waals surface area contributed by atoms with Crippen LogP contribution in [0.25, 0.3) is 11.1 Å². The molecule has 0 bridgehead atoms. The molecular weight excluding hydrogens is 366 g/mol. The van der Waals surface area contributed by atoms with Crippen LogP contribution in [0.5, 0.6) is 0 Å². The predicted octanol–water partition coefficient (Wildman–Crippen LogP) is 4.87.